The van der Waals surface area contributed by atoms with Crippen LogP contribution in [0.25, 0.3) is 10.9 Å². The molecule has 1 aromatic carbocycles. The van der Waals surface area contributed by atoms with Crippen molar-refractivity contribution in [3.8, 4) is 0 Å². The van der Waals surface area contributed by atoms with E-state index in [4.69, 9.17) is 11.6 Å². The zero-order chi connectivity index (χ0) is 25.6. The number of nitrogens with one attached hydrogen (secondary N) is 3. The molecule has 3 aliphatic rings. The second-order valence-corrected chi connectivity index (χ2v) is 12.5. The smallest absolute Gasteiger partial charge is 0.339 e. The van der Waals surface area contributed by atoms with Crippen molar-refractivity contribution in [3.05, 3.63) is 40.0 Å². The van der Waals surface area contributed by atoms with E-state index in [1.807, 2.05) is 0 Å². The summed E-state index contributed by atoms with van der Waals surface area (Å²) in [7, 11) is -0.598. The number of benzene rings is 1. The molecule has 2 aromatic rings. The number of thioether (sulfide) groups is 1. The maximum atomic E-state index is 13.5. The van der Waals surface area contributed by atoms with E-state index in [0.29, 0.717) is 28.9 Å². The minimum atomic E-state index is -3.89. The van der Waals surface area contributed by atoms with Crippen LogP contribution < -0.4 is 10.7 Å². The topological polar surface area (TPSA) is 121 Å². The van der Waals surface area contributed by atoms with Crippen LogP contribution in [0.5, 0.6) is 0 Å². The van der Waals surface area contributed by atoms with Crippen molar-refractivity contribution >= 4 is 56.2 Å². The molecule has 1 atom stereocenters. The van der Waals surface area contributed by atoms with Gasteiger partial charge in [0.2, 0.25) is 5.91 Å². The molecule has 11 nitrogen and oxygen atoms in total. The van der Waals surface area contributed by atoms with Crippen LogP contribution in [0.2, 0.25) is 5.02 Å². The minimum absolute atomic E-state index is 0.0157. The molecule has 0 aliphatic carbocycles. The van der Waals surface area contributed by atoms with E-state index in [0.717, 1.165) is 16.6 Å². The number of H-pyrrole nitrogens is 1. The Bertz CT molecular complexity index is 1340. The van der Waals surface area contributed by atoms with Gasteiger partial charge in [0, 0.05) is 74.7 Å². The lowest BCUT2D eigenvalue weighted by atomic mass is 10.1. The molecule has 1 aromatic heterocycles. The maximum absolute atomic E-state index is 13.5. The van der Waals surface area contributed by atoms with E-state index in [2.05, 4.69) is 15.7 Å². The Morgan fingerprint density at radius 1 is 1.19 bits per heavy atom. The van der Waals surface area contributed by atoms with Crippen LogP contribution in [0.3, 0.4) is 0 Å². The molecule has 0 spiro atoms. The Kier molecular flexibility index (Phi) is 6.74. The first-order valence-corrected chi connectivity index (χ1v) is 14.4. The Morgan fingerprint density at radius 3 is 2.78 bits per heavy atom. The van der Waals surface area contributed by atoms with Gasteiger partial charge in [-0.05, 0) is 24.3 Å². The summed E-state index contributed by atoms with van der Waals surface area (Å²) in [5, 5.41) is 7.03. The highest BCUT2D eigenvalue weighted by atomic mass is 35.5. The fourth-order valence-electron chi connectivity index (χ4n) is 4.58. The predicted octanol–water partition coefficient (Wildman–Crippen LogP) is 1.77. The Hall–Kier alpha value is -2.61. The Morgan fingerprint density at radius 2 is 2.00 bits per heavy atom. The van der Waals surface area contributed by atoms with E-state index in [1.165, 1.54) is 9.21 Å². The highest BCUT2D eigenvalue weighted by Crippen LogP contribution is 2.29. The van der Waals surface area contributed by atoms with Gasteiger partial charge in [-0.15, -0.1) is 0 Å². The number of rotatable bonds is 4. The molecule has 3 N–H and O–H groups in total. The van der Waals surface area contributed by atoms with Gasteiger partial charge in [-0.3, -0.25) is 10.2 Å². The predicted molar refractivity (Wildman–Crippen MR) is 138 cm³/mol. The number of hydrazine groups is 1. The quantitative estimate of drug-likeness (QED) is 0.527. The molecule has 4 heterocycles. The first-order valence-electron chi connectivity index (χ1n) is 11.6. The van der Waals surface area contributed by atoms with Gasteiger partial charge in [-0.25, -0.2) is 18.2 Å². The summed E-state index contributed by atoms with van der Waals surface area (Å²) in [5.41, 5.74) is 4.93. The summed E-state index contributed by atoms with van der Waals surface area (Å²) in [6.45, 7) is 0.789. The highest BCUT2D eigenvalue weighted by molar-refractivity contribution is 8.03. The van der Waals surface area contributed by atoms with Gasteiger partial charge < -0.3 is 20.1 Å². The number of hydrogen-bond donors (Lipinski definition) is 3. The van der Waals surface area contributed by atoms with Gasteiger partial charge in [0.1, 0.15) is 10.1 Å². The third kappa shape index (κ3) is 4.72. The molecular weight excluding hydrogens is 526 g/mol. The molecule has 0 bridgehead atoms. The zero-order valence-corrected chi connectivity index (χ0v) is 22.3. The van der Waals surface area contributed by atoms with E-state index >= 15 is 0 Å². The van der Waals surface area contributed by atoms with Gasteiger partial charge in [-0.1, -0.05) is 23.4 Å². The van der Waals surface area contributed by atoms with E-state index in [9.17, 15) is 18.0 Å². The highest BCUT2D eigenvalue weighted by Gasteiger charge is 2.40. The van der Waals surface area contributed by atoms with E-state index < -0.39 is 16.1 Å². The van der Waals surface area contributed by atoms with Gasteiger partial charge in [0.05, 0.1) is 11.9 Å². The summed E-state index contributed by atoms with van der Waals surface area (Å²) in [5.74, 6) is 0.584. The summed E-state index contributed by atoms with van der Waals surface area (Å²) in [6.07, 6.45) is 0.728. The number of carbonyl (C=O) groups is 2. The van der Waals surface area contributed by atoms with Gasteiger partial charge in [-0.2, -0.15) is 4.31 Å². The number of sulfonamides is 1. The average Bonchev–Trinajstić information content (AvgIpc) is 3.50. The molecule has 0 radical (unpaired) electrons. The Labute approximate surface area is 218 Å². The summed E-state index contributed by atoms with van der Waals surface area (Å²) in [6, 6.07) is 5.81. The number of aromatic nitrogens is 1. The summed E-state index contributed by atoms with van der Waals surface area (Å²) in [4.78, 5) is 32.2. The van der Waals surface area contributed by atoms with Crippen LogP contribution in [0.1, 0.15) is 12.8 Å². The Balaban J connectivity index is 1.38. The molecule has 14 heteroatoms. The SMILES string of the molecule is CN(C)C(=O)CC1CN(S(=O)(=O)c2cc3cc(Cl)ccc3[nH]2)CCN1C(=O)N1CCC2=C(N1)SCN2. The number of amides is 3. The van der Waals surface area contributed by atoms with Crippen molar-refractivity contribution in [2.24, 2.45) is 0 Å². The van der Waals surface area contributed by atoms with Gasteiger partial charge in [0.25, 0.3) is 10.0 Å². The lowest BCUT2D eigenvalue weighted by molar-refractivity contribution is -0.130. The van der Waals surface area contributed by atoms with Crippen LogP contribution in [0.15, 0.2) is 40.0 Å². The van der Waals surface area contributed by atoms with Crippen molar-refractivity contribution in [1.82, 2.24) is 34.8 Å². The minimum Gasteiger partial charge on any atom is -0.377 e. The van der Waals surface area contributed by atoms with E-state index in [-0.39, 0.29) is 43.0 Å². The molecule has 1 fully saturated rings. The number of piperazine rings is 1. The molecule has 3 aliphatic heterocycles. The second-order valence-electron chi connectivity index (χ2n) is 9.14. The molecule has 0 saturated carbocycles. The largest absolute Gasteiger partial charge is 0.377 e. The first-order chi connectivity index (χ1) is 17.1. The first kappa shape index (κ1) is 25.1. The summed E-state index contributed by atoms with van der Waals surface area (Å²) >= 11 is 7.66. The normalized spacial score (nSPS) is 20.8. The molecule has 5 rings (SSSR count). The number of urea groups is 1. The van der Waals surface area contributed by atoms with Crippen LogP contribution >= 0.6 is 23.4 Å². The van der Waals surface area contributed by atoms with Crippen molar-refractivity contribution in [1.29, 1.82) is 0 Å². The average molecular weight is 554 g/mol. The number of hydrogen-bond acceptors (Lipinski definition) is 7. The standard InChI is InChI=1S/C22H28ClN7O4S2/c1-27(2)20(31)11-16-12-28(36(33,34)19-10-14-9-15(23)3-4-17(14)25-19)7-8-29(16)22(32)30-6-5-18-21(26-30)35-13-24-18/h3-4,9-10,16,24-26H,5-8,11-13H2,1-2H3. The van der Waals surface area contributed by atoms with Crippen molar-refractivity contribution < 1.29 is 18.0 Å². The monoisotopic (exact) mass is 553 g/mol. The lowest BCUT2D eigenvalue weighted by Crippen LogP contribution is -2.62. The molecule has 1 unspecified atom stereocenters. The zero-order valence-electron chi connectivity index (χ0n) is 20.0. The van der Waals surface area contributed by atoms with Gasteiger partial charge in [0.15, 0.2) is 0 Å². The molecule has 36 heavy (non-hydrogen) atoms. The molecule has 3 amide bonds. The van der Waals surface area contributed by atoms with E-state index in [1.54, 1.807) is 60.0 Å². The molecule has 1 saturated heterocycles. The van der Waals surface area contributed by atoms with Crippen LogP contribution in [-0.4, -0.2) is 96.6 Å². The third-order valence-corrected chi connectivity index (χ3v) is 9.54. The number of carbonyl (C=O) groups excluding carboxylic acids is 2. The summed E-state index contributed by atoms with van der Waals surface area (Å²) < 4.78 is 28.4. The van der Waals surface area contributed by atoms with Crippen LogP contribution in [0, 0.1) is 0 Å². The van der Waals surface area contributed by atoms with Crippen molar-refractivity contribution in [2.45, 2.75) is 23.9 Å². The maximum Gasteiger partial charge on any atom is 0.339 e. The number of aromatic amines is 1. The fourth-order valence-corrected chi connectivity index (χ4v) is 7.15. The third-order valence-electron chi connectivity index (χ3n) is 6.61. The van der Waals surface area contributed by atoms with Gasteiger partial charge >= 0.3 is 6.03 Å². The van der Waals surface area contributed by atoms with Crippen molar-refractivity contribution in [3.63, 3.8) is 0 Å². The molecular formula is C22H28ClN7O4S2. The van der Waals surface area contributed by atoms with Crippen LogP contribution in [-0.2, 0) is 14.8 Å². The number of nitrogens with zero attached hydrogens (tertiary/aromatic N) is 4. The number of halogens is 1. The number of fused-ring (bicyclic) bond motifs is 1. The second kappa shape index (κ2) is 9.69. The fraction of sp³-hybridized carbons (Fsp3) is 0.455. The van der Waals surface area contributed by atoms with Crippen molar-refractivity contribution in [2.75, 3.05) is 46.2 Å². The van der Waals surface area contributed by atoms with Crippen LogP contribution in [0.4, 0.5) is 4.79 Å². The lowest BCUT2D eigenvalue weighted by Gasteiger charge is -2.43. The molecule has 194 valence electrons.